The minimum Gasteiger partial charge on any atom is -0.394 e. The van der Waals surface area contributed by atoms with E-state index in [-0.39, 0.29) is 28.6 Å². The van der Waals surface area contributed by atoms with E-state index in [1.165, 1.54) is 41.4 Å². The Morgan fingerprint density at radius 2 is 2.03 bits per heavy atom. The average molecular weight is 430 g/mol. The lowest BCUT2D eigenvalue weighted by Crippen LogP contribution is -2.33. The van der Waals surface area contributed by atoms with Gasteiger partial charge in [-0.25, -0.2) is 20.4 Å². The lowest BCUT2D eigenvalue weighted by Gasteiger charge is -2.18. The minimum absolute atomic E-state index is 0.0506. The molecule has 1 saturated heterocycles. The van der Waals surface area contributed by atoms with Gasteiger partial charge in [0.05, 0.1) is 17.7 Å². The van der Waals surface area contributed by atoms with Crippen molar-refractivity contribution in [1.82, 2.24) is 19.5 Å². The molecule has 0 amide bonds. The van der Waals surface area contributed by atoms with Crippen LogP contribution < -0.4 is 11.2 Å². The van der Waals surface area contributed by atoms with E-state index >= 15 is 0 Å². The van der Waals surface area contributed by atoms with Gasteiger partial charge in [-0.2, -0.15) is 5.10 Å². The second kappa shape index (κ2) is 8.19. The predicted molar refractivity (Wildman–Crippen MR) is 107 cm³/mol. The van der Waals surface area contributed by atoms with Crippen LogP contribution in [0.1, 0.15) is 11.8 Å². The summed E-state index contributed by atoms with van der Waals surface area (Å²) in [5, 5.41) is 44.7. The van der Waals surface area contributed by atoms with Crippen LogP contribution >= 0.6 is 0 Å². The van der Waals surface area contributed by atoms with Gasteiger partial charge in [0.2, 0.25) is 5.95 Å². The van der Waals surface area contributed by atoms with Gasteiger partial charge < -0.3 is 25.8 Å². The van der Waals surface area contributed by atoms with Crippen molar-refractivity contribution in [2.24, 2.45) is 5.10 Å². The van der Waals surface area contributed by atoms with Gasteiger partial charge in [0.25, 0.3) is 5.69 Å². The van der Waals surface area contributed by atoms with E-state index in [9.17, 15) is 25.4 Å². The highest BCUT2D eigenvalue weighted by Crippen LogP contribution is 2.35. The Morgan fingerprint density at radius 1 is 1.29 bits per heavy atom. The van der Waals surface area contributed by atoms with E-state index in [0.717, 1.165) is 0 Å². The molecule has 2 aromatic heterocycles. The molecule has 0 bridgehead atoms. The van der Waals surface area contributed by atoms with E-state index in [1.54, 1.807) is 0 Å². The fraction of sp³-hybridized carbons (Fsp3) is 0.294. The van der Waals surface area contributed by atoms with E-state index in [1.807, 2.05) is 0 Å². The Morgan fingerprint density at radius 3 is 2.68 bits per heavy atom. The molecule has 4 rings (SSSR count). The third-order valence-electron chi connectivity index (χ3n) is 4.76. The number of fused-ring (bicyclic) bond motifs is 1. The number of hydrogen-bond donors (Lipinski definition) is 5. The Labute approximate surface area is 173 Å². The summed E-state index contributed by atoms with van der Waals surface area (Å²) in [6, 6.07) is 5.71. The number of ether oxygens (including phenoxy) is 1. The molecule has 0 spiro atoms. The zero-order valence-electron chi connectivity index (χ0n) is 15.8. The Hall–Kier alpha value is -3.72. The second-order valence-electron chi connectivity index (χ2n) is 6.68. The molecular weight excluding hydrogens is 412 g/mol. The minimum atomic E-state index is -1.38. The molecule has 0 aliphatic carbocycles. The number of hydrogen-bond acceptors (Lipinski definition) is 12. The van der Waals surface area contributed by atoms with Crippen LogP contribution in [0.15, 0.2) is 35.7 Å². The number of nitro groups is 1. The number of non-ortho nitro benzene ring substituents is 1. The van der Waals surface area contributed by atoms with Crippen LogP contribution in [-0.4, -0.2) is 70.9 Å². The van der Waals surface area contributed by atoms with Gasteiger partial charge in [0, 0.05) is 12.1 Å². The molecule has 31 heavy (non-hydrogen) atoms. The van der Waals surface area contributed by atoms with E-state index in [4.69, 9.17) is 10.5 Å². The van der Waals surface area contributed by atoms with Crippen LogP contribution in [-0.2, 0) is 4.74 Å². The largest absolute Gasteiger partial charge is 0.394 e. The molecule has 14 nitrogen and oxygen atoms in total. The van der Waals surface area contributed by atoms with Crippen molar-refractivity contribution >= 4 is 34.8 Å². The maximum absolute atomic E-state index is 10.7. The first-order valence-corrected chi connectivity index (χ1v) is 9.05. The molecule has 0 radical (unpaired) electrons. The monoisotopic (exact) mass is 430 g/mol. The molecule has 0 saturated carbocycles. The van der Waals surface area contributed by atoms with Crippen LogP contribution in [0, 0.1) is 10.1 Å². The summed E-state index contributed by atoms with van der Waals surface area (Å²) >= 11 is 0. The van der Waals surface area contributed by atoms with Crippen molar-refractivity contribution < 1.29 is 25.0 Å². The number of nitro benzene ring substituents is 1. The molecule has 1 aliphatic heterocycles. The summed E-state index contributed by atoms with van der Waals surface area (Å²) in [7, 11) is 0. The van der Waals surface area contributed by atoms with Crippen LogP contribution in [0.2, 0.25) is 0 Å². The molecule has 1 fully saturated rings. The number of aromatic nitrogens is 4. The summed E-state index contributed by atoms with van der Waals surface area (Å²) in [6.07, 6.45) is -2.24. The topological polar surface area (TPSA) is 207 Å². The summed E-state index contributed by atoms with van der Waals surface area (Å²) in [6.45, 7) is -0.500. The van der Waals surface area contributed by atoms with Crippen molar-refractivity contribution in [2.45, 2.75) is 24.5 Å². The number of aliphatic hydroxyl groups excluding tert-OH is 3. The molecule has 1 aromatic carbocycles. The fourth-order valence-corrected chi connectivity index (χ4v) is 3.19. The number of nitrogens with zero attached hydrogens (tertiary/aromatic N) is 6. The number of rotatable bonds is 6. The third kappa shape index (κ3) is 3.75. The lowest BCUT2D eigenvalue weighted by molar-refractivity contribution is -0.384. The predicted octanol–water partition coefficient (Wildman–Crippen LogP) is -0.626. The van der Waals surface area contributed by atoms with Crippen LogP contribution in [0.25, 0.3) is 11.2 Å². The summed E-state index contributed by atoms with van der Waals surface area (Å²) in [5.74, 6) is 0.160. The van der Waals surface area contributed by atoms with Gasteiger partial charge in [-0.05, 0) is 17.7 Å². The number of nitrogens with one attached hydrogen (secondary N) is 1. The molecule has 3 aromatic rings. The smallest absolute Gasteiger partial charge is 0.269 e. The second-order valence-corrected chi connectivity index (χ2v) is 6.68. The van der Waals surface area contributed by atoms with Crippen molar-refractivity contribution in [3.05, 3.63) is 46.3 Å². The van der Waals surface area contributed by atoms with E-state index < -0.39 is 36.1 Å². The Kier molecular flexibility index (Phi) is 5.43. The van der Waals surface area contributed by atoms with Gasteiger partial charge in [0.1, 0.15) is 24.6 Å². The van der Waals surface area contributed by atoms with Crippen LogP contribution in [0.3, 0.4) is 0 Å². The molecule has 1 aliphatic rings. The first kappa shape index (κ1) is 20.5. The van der Waals surface area contributed by atoms with Crippen molar-refractivity contribution in [3.8, 4) is 0 Å². The Bertz CT molecular complexity index is 1130. The first-order chi connectivity index (χ1) is 14.9. The molecule has 14 heteroatoms. The zero-order chi connectivity index (χ0) is 22.1. The normalized spacial score (nSPS) is 23.6. The van der Waals surface area contributed by atoms with Crippen molar-refractivity contribution in [3.63, 3.8) is 0 Å². The Balaban J connectivity index is 1.66. The standard InChI is InChI=1S/C17H18N8O6/c18-14-11-15(20-7-19-14)24(16-13(28)12(27)10(6-26)31-16)17(22-11)23-21-5-8-1-3-9(4-2-8)25(29)30/h1-5,7,10,12-13,16,26-28H,6H2,(H,22,23)(H2,18,19,20). The number of benzene rings is 1. The summed E-state index contributed by atoms with van der Waals surface area (Å²) in [4.78, 5) is 22.5. The van der Waals surface area contributed by atoms with Gasteiger partial charge >= 0.3 is 0 Å². The molecule has 162 valence electrons. The maximum atomic E-state index is 10.7. The zero-order valence-corrected chi connectivity index (χ0v) is 15.8. The molecule has 4 atom stereocenters. The third-order valence-corrected chi connectivity index (χ3v) is 4.76. The lowest BCUT2D eigenvalue weighted by atomic mass is 10.1. The quantitative estimate of drug-likeness (QED) is 0.189. The molecule has 4 unspecified atom stereocenters. The van der Waals surface area contributed by atoms with Crippen LogP contribution in [0.4, 0.5) is 17.5 Å². The van der Waals surface area contributed by atoms with Crippen LogP contribution in [0.5, 0.6) is 0 Å². The number of aliphatic hydroxyl groups is 3. The van der Waals surface area contributed by atoms with Gasteiger partial charge in [-0.15, -0.1) is 0 Å². The highest BCUT2D eigenvalue weighted by molar-refractivity contribution is 5.84. The average Bonchev–Trinajstić information content (AvgIpc) is 3.26. The fourth-order valence-electron chi connectivity index (χ4n) is 3.19. The van der Waals surface area contributed by atoms with Crippen molar-refractivity contribution in [2.75, 3.05) is 17.8 Å². The van der Waals surface area contributed by atoms with Crippen molar-refractivity contribution in [1.29, 1.82) is 0 Å². The molecular formula is C17H18N8O6. The van der Waals surface area contributed by atoms with Gasteiger partial charge in [-0.3, -0.25) is 14.7 Å². The number of hydrazone groups is 1. The SMILES string of the molecule is Nc1ncnc2c1nc(NN=Cc1ccc([N+](=O)[O-])cc1)n2C1OC(CO)C(O)C1O. The van der Waals surface area contributed by atoms with E-state index in [2.05, 4.69) is 25.5 Å². The number of nitrogens with two attached hydrogens (primary N) is 1. The highest BCUT2D eigenvalue weighted by Gasteiger charge is 2.45. The number of imidazole rings is 1. The number of nitrogen functional groups attached to an aromatic ring is 1. The summed E-state index contributed by atoms with van der Waals surface area (Å²) in [5.41, 5.74) is 9.52. The first-order valence-electron chi connectivity index (χ1n) is 9.05. The summed E-state index contributed by atoms with van der Waals surface area (Å²) < 4.78 is 6.94. The highest BCUT2D eigenvalue weighted by atomic mass is 16.6. The molecule has 3 heterocycles. The number of anilines is 2. The van der Waals surface area contributed by atoms with Gasteiger partial charge in [0.15, 0.2) is 23.2 Å². The van der Waals surface area contributed by atoms with E-state index in [0.29, 0.717) is 5.56 Å². The maximum Gasteiger partial charge on any atom is 0.269 e. The van der Waals surface area contributed by atoms with Gasteiger partial charge in [-0.1, -0.05) is 0 Å². The molecule has 6 N–H and O–H groups in total.